The van der Waals surface area contributed by atoms with Crippen LogP contribution in [-0.4, -0.2) is 6.61 Å². The van der Waals surface area contributed by atoms with Crippen LogP contribution in [0, 0.1) is 5.92 Å². The summed E-state index contributed by atoms with van der Waals surface area (Å²) < 4.78 is 5.60. The topological polar surface area (TPSA) is 9.23 Å². The van der Waals surface area contributed by atoms with Gasteiger partial charge in [-0.3, -0.25) is 0 Å². The number of alkyl halides is 1. The number of halogens is 1. The van der Waals surface area contributed by atoms with Crippen LogP contribution in [-0.2, 0) is 6.42 Å². The van der Waals surface area contributed by atoms with Crippen molar-refractivity contribution in [2.45, 2.75) is 38.5 Å². The summed E-state index contributed by atoms with van der Waals surface area (Å²) in [7, 11) is 0. The average Bonchev–Trinajstić information content (AvgIpc) is 2.27. The number of fused-ring (bicyclic) bond motifs is 1. The first-order valence-electron chi connectivity index (χ1n) is 6.06. The molecule has 0 aliphatic carbocycles. The Labute approximate surface area is 103 Å². The molecule has 1 unspecified atom stereocenters. The van der Waals surface area contributed by atoms with Crippen LogP contribution in [0.25, 0.3) is 0 Å². The lowest BCUT2D eigenvalue weighted by molar-refractivity contribution is 0.288. The van der Waals surface area contributed by atoms with Crippen LogP contribution in [0.2, 0.25) is 0 Å². The van der Waals surface area contributed by atoms with Gasteiger partial charge in [0.25, 0.3) is 0 Å². The van der Waals surface area contributed by atoms with E-state index in [2.05, 4.69) is 32.0 Å². The molecule has 1 aromatic rings. The Morgan fingerprint density at radius 3 is 2.94 bits per heavy atom. The molecule has 1 aromatic carbocycles. The molecule has 0 aromatic heterocycles. The van der Waals surface area contributed by atoms with Crippen molar-refractivity contribution in [1.29, 1.82) is 0 Å². The Kier molecular flexibility index (Phi) is 3.75. The summed E-state index contributed by atoms with van der Waals surface area (Å²) in [6.07, 6.45) is 3.27. The lowest BCUT2D eigenvalue weighted by atomic mass is 9.98. The van der Waals surface area contributed by atoms with Crippen molar-refractivity contribution in [1.82, 2.24) is 0 Å². The Morgan fingerprint density at radius 1 is 1.38 bits per heavy atom. The number of ether oxygens (including phenoxy) is 1. The fourth-order valence-electron chi connectivity index (χ4n) is 2.13. The second-order valence-corrected chi connectivity index (χ2v) is 5.44. The van der Waals surface area contributed by atoms with Gasteiger partial charge in [0, 0.05) is 0 Å². The van der Waals surface area contributed by atoms with Crippen molar-refractivity contribution < 1.29 is 4.74 Å². The number of aryl methyl sites for hydroxylation is 1. The highest BCUT2D eigenvalue weighted by molar-refractivity contribution is 6.20. The summed E-state index contributed by atoms with van der Waals surface area (Å²) in [5.74, 6) is 1.68. The first kappa shape index (κ1) is 11.8. The Hall–Kier alpha value is -0.690. The second-order valence-electron chi connectivity index (χ2n) is 4.92. The molecule has 1 aliphatic heterocycles. The molecule has 1 heterocycles. The highest BCUT2D eigenvalue weighted by Gasteiger charge is 2.15. The highest BCUT2D eigenvalue weighted by Crippen LogP contribution is 2.32. The zero-order valence-electron chi connectivity index (χ0n) is 10.0. The van der Waals surface area contributed by atoms with E-state index >= 15 is 0 Å². The van der Waals surface area contributed by atoms with E-state index in [4.69, 9.17) is 16.3 Å². The van der Waals surface area contributed by atoms with Gasteiger partial charge >= 0.3 is 0 Å². The molecule has 0 bridgehead atoms. The summed E-state index contributed by atoms with van der Waals surface area (Å²) in [4.78, 5) is 0. The fourth-order valence-corrected chi connectivity index (χ4v) is 2.62. The molecule has 0 saturated carbocycles. The summed E-state index contributed by atoms with van der Waals surface area (Å²) in [6, 6.07) is 6.39. The maximum atomic E-state index is 6.40. The van der Waals surface area contributed by atoms with E-state index in [9.17, 15) is 0 Å². The van der Waals surface area contributed by atoms with Crippen molar-refractivity contribution in [2.75, 3.05) is 6.61 Å². The summed E-state index contributed by atoms with van der Waals surface area (Å²) in [6.45, 7) is 5.26. The molecular weight excluding hydrogens is 220 g/mol. The molecule has 0 amide bonds. The maximum absolute atomic E-state index is 6.40. The van der Waals surface area contributed by atoms with Gasteiger partial charge in [-0.05, 0) is 42.4 Å². The van der Waals surface area contributed by atoms with E-state index < -0.39 is 0 Å². The summed E-state index contributed by atoms with van der Waals surface area (Å²) in [5, 5.41) is 0.132. The van der Waals surface area contributed by atoms with Gasteiger partial charge < -0.3 is 4.74 Å². The fraction of sp³-hybridized carbons (Fsp3) is 0.571. The molecule has 0 spiro atoms. The first-order chi connectivity index (χ1) is 7.66. The number of rotatable bonds is 3. The lowest BCUT2D eigenvalue weighted by Crippen LogP contribution is -2.09. The Morgan fingerprint density at radius 2 is 2.19 bits per heavy atom. The van der Waals surface area contributed by atoms with E-state index in [1.54, 1.807) is 0 Å². The molecule has 2 heteroatoms. The molecule has 1 nitrogen and oxygen atoms in total. The standard InChI is InChI=1S/C14H19ClO/c1-10(2)8-13(15)11-5-6-14-12(9-11)4-3-7-16-14/h5-6,9-10,13H,3-4,7-8H2,1-2H3. The van der Waals surface area contributed by atoms with Gasteiger partial charge in [0.15, 0.2) is 0 Å². The van der Waals surface area contributed by atoms with Gasteiger partial charge in [-0.15, -0.1) is 11.6 Å². The molecule has 88 valence electrons. The van der Waals surface area contributed by atoms with E-state index in [1.807, 2.05) is 0 Å². The van der Waals surface area contributed by atoms with Crippen LogP contribution < -0.4 is 4.74 Å². The van der Waals surface area contributed by atoms with Crippen LogP contribution in [0.5, 0.6) is 5.75 Å². The minimum Gasteiger partial charge on any atom is -0.493 e. The smallest absolute Gasteiger partial charge is 0.122 e. The van der Waals surface area contributed by atoms with E-state index in [0.717, 1.165) is 31.6 Å². The molecule has 1 atom stereocenters. The van der Waals surface area contributed by atoms with Crippen molar-refractivity contribution in [3.05, 3.63) is 29.3 Å². The average molecular weight is 239 g/mol. The Bertz CT molecular complexity index is 360. The Balaban J connectivity index is 2.16. The molecule has 0 N–H and O–H groups in total. The van der Waals surface area contributed by atoms with Gasteiger partial charge in [0.05, 0.1) is 12.0 Å². The maximum Gasteiger partial charge on any atom is 0.122 e. The molecule has 1 aliphatic rings. The lowest BCUT2D eigenvalue weighted by Gasteiger charge is -2.19. The van der Waals surface area contributed by atoms with Crippen LogP contribution in [0.15, 0.2) is 18.2 Å². The summed E-state index contributed by atoms with van der Waals surface area (Å²) in [5.41, 5.74) is 2.55. The van der Waals surface area contributed by atoms with Gasteiger partial charge in [-0.2, -0.15) is 0 Å². The zero-order chi connectivity index (χ0) is 11.5. The molecule has 2 rings (SSSR count). The van der Waals surface area contributed by atoms with Gasteiger partial charge in [-0.1, -0.05) is 26.0 Å². The molecular formula is C14H19ClO. The minimum atomic E-state index is 0.132. The third-order valence-electron chi connectivity index (χ3n) is 2.97. The van der Waals surface area contributed by atoms with Crippen LogP contribution in [0.3, 0.4) is 0 Å². The van der Waals surface area contributed by atoms with Crippen molar-refractivity contribution in [3.63, 3.8) is 0 Å². The first-order valence-corrected chi connectivity index (χ1v) is 6.50. The predicted molar refractivity (Wildman–Crippen MR) is 68.3 cm³/mol. The quantitative estimate of drug-likeness (QED) is 0.712. The highest BCUT2D eigenvalue weighted by atomic mass is 35.5. The molecule has 0 saturated heterocycles. The van der Waals surface area contributed by atoms with E-state index in [-0.39, 0.29) is 5.38 Å². The third kappa shape index (κ3) is 2.70. The normalized spacial score (nSPS) is 16.8. The van der Waals surface area contributed by atoms with E-state index in [1.165, 1.54) is 11.1 Å². The number of hydrogen-bond acceptors (Lipinski definition) is 1. The third-order valence-corrected chi connectivity index (χ3v) is 3.40. The predicted octanol–water partition coefficient (Wildman–Crippen LogP) is 4.34. The minimum absolute atomic E-state index is 0.132. The van der Waals surface area contributed by atoms with Crippen LogP contribution in [0.4, 0.5) is 0 Å². The monoisotopic (exact) mass is 238 g/mol. The van der Waals surface area contributed by atoms with Crippen LogP contribution >= 0.6 is 11.6 Å². The largest absolute Gasteiger partial charge is 0.493 e. The van der Waals surface area contributed by atoms with Gasteiger partial charge in [-0.25, -0.2) is 0 Å². The second kappa shape index (κ2) is 5.09. The van der Waals surface area contributed by atoms with Gasteiger partial charge in [0.1, 0.15) is 5.75 Å². The number of benzene rings is 1. The molecule has 0 fully saturated rings. The van der Waals surface area contributed by atoms with E-state index in [0.29, 0.717) is 5.92 Å². The molecule has 0 radical (unpaired) electrons. The molecule has 16 heavy (non-hydrogen) atoms. The van der Waals surface area contributed by atoms with Crippen molar-refractivity contribution >= 4 is 11.6 Å². The van der Waals surface area contributed by atoms with Crippen molar-refractivity contribution in [2.24, 2.45) is 5.92 Å². The number of hydrogen-bond donors (Lipinski definition) is 0. The van der Waals surface area contributed by atoms with Gasteiger partial charge in [0.2, 0.25) is 0 Å². The summed E-state index contributed by atoms with van der Waals surface area (Å²) >= 11 is 6.40. The van der Waals surface area contributed by atoms with Crippen molar-refractivity contribution in [3.8, 4) is 5.75 Å². The SMILES string of the molecule is CC(C)CC(Cl)c1ccc2c(c1)CCCO2. The zero-order valence-corrected chi connectivity index (χ0v) is 10.8. The van der Waals surface area contributed by atoms with Crippen LogP contribution in [0.1, 0.15) is 43.2 Å².